The highest BCUT2D eigenvalue weighted by Gasteiger charge is 2.51. The molecule has 0 spiro atoms. The number of hydrogen-bond acceptors (Lipinski definition) is 7. The second-order valence-electron chi connectivity index (χ2n) is 7.24. The van der Waals surface area contributed by atoms with E-state index < -0.39 is 20.5 Å². The lowest BCUT2D eigenvalue weighted by atomic mass is 9.96. The largest absolute Gasteiger partial charge is 0.317 e. The summed E-state index contributed by atoms with van der Waals surface area (Å²) >= 11 is 0. The number of halogens is 1. The Kier molecular flexibility index (Phi) is 5.56. The topological polar surface area (TPSA) is 126 Å². The summed E-state index contributed by atoms with van der Waals surface area (Å²) in [6.45, 7) is 0.680. The quantitative estimate of drug-likeness (QED) is 0.401. The summed E-state index contributed by atoms with van der Waals surface area (Å²) in [4.78, 5) is 12.3. The molecule has 2 heterocycles. The number of piperidine rings is 1. The van der Waals surface area contributed by atoms with Crippen molar-refractivity contribution in [1.82, 2.24) is 25.8 Å². The van der Waals surface area contributed by atoms with Crippen molar-refractivity contribution < 1.29 is 22.8 Å². The molecule has 3 N–H and O–H groups in total. The van der Waals surface area contributed by atoms with Gasteiger partial charge in [-0.1, -0.05) is 17.3 Å². The van der Waals surface area contributed by atoms with Crippen molar-refractivity contribution >= 4 is 15.7 Å². The molecule has 2 aromatic carbocycles. The average Bonchev–Trinajstić information content (AvgIpc) is 3.29. The first-order valence-electron chi connectivity index (χ1n) is 9.56. The van der Waals surface area contributed by atoms with Gasteiger partial charge in [0.05, 0.1) is 16.8 Å². The van der Waals surface area contributed by atoms with Crippen molar-refractivity contribution in [3.8, 4) is 16.9 Å². The molecule has 0 saturated carbocycles. The van der Waals surface area contributed by atoms with Crippen LogP contribution in [0.25, 0.3) is 16.9 Å². The lowest BCUT2D eigenvalue weighted by Crippen LogP contribution is -2.57. The van der Waals surface area contributed by atoms with Crippen molar-refractivity contribution in [2.45, 2.75) is 22.5 Å². The highest BCUT2D eigenvalue weighted by molar-refractivity contribution is 7.93. The molecule has 162 valence electrons. The van der Waals surface area contributed by atoms with Gasteiger partial charge in [-0.2, -0.15) is 0 Å². The minimum atomic E-state index is -4.08. The summed E-state index contributed by atoms with van der Waals surface area (Å²) in [6, 6.07) is 11.8. The third-order valence-electron chi connectivity index (χ3n) is 5.47. The zero-order valence-electron chi connectivity index (χ0n) is 16.3. The van der Waals surface area contributed by atoms with Gasteiger partial charge in [0, 0.05) is 5.56 Å². The van der Waals surface area contributed by atoms with E-state index >= 15 is 0 Å². The van der Waals surface area contributed by atoms with Crippen LogP contribution in [0.5, 0.6) is 0 Å². The summed E-state index contributed by atoms with van der Waals surface area (Å²) in [5.74, 6) is -1.32. The van der Waals surface area contributed by atoms with E-state index in [2.05, 4.69) is 15.6 Å². The zero-order chi connectivity index (χ0) is 22.1. The van der Waals surface area contributed by atoms with Crippen LogP contribution in [0.1, 0.15) is 12.8 Å². The molecule has 1 aliphatic rings. The number of hydroxylamine groups is 1. The number of hydrogen-bond donors (Lipinski definition) is 3. The molecular formula is C20H20FN5O4S. The molecule has 11 heteroatoms. The van der Waals surface area contributed by atoms with Gasteiger partial charge in [0.1, 0.15) is 11.5 Å². The third kappa shape index (κ3) is 3.71. The Balaban J connectivity index is 1.64. The molecule has 1 fully saturated rings. The van der Waals surface area contributed by atoms with Gasteiger partial charge in [0.2, 0.25) is 0 Å². The van der Waals surface area contributed by atoms with Crippen LogP contribution >= 0.6 is 0 Å². The standard InChI is InChI=1S/C20H20FN5O4S/c21-15-3-1-2-14(12-15)18-13-26(25-23-18)16-4-6-17(7-5-16)31(29,30)20(19(27)24-28)8-10-22-11-9-20/h1-7,12-13,22,28H,8-11H2,(H,24,27). The normalized spacial score (nSPS) is 16.1. The Morgan fingerprint density at radius 2 is 1.87 bits per heavy atom. The molecule has 1 amide bonds. The summed E-state index contributed by atoms with van der Waals surface area (Å²) in [6.07, 6.45) is 1.69. The fourth-order valence-electron chi connectivity index (χ4n) is 3.72. The summed E-state index contributed by atoms with van der Waals surface area (Å²) in [5.41, 5.74) is 3.08. The Labute approximate surface area is 177 Å². The number of rotatable bonds is 5. The Morgan fingerprint density at radius 1 is 1.16 bits per heavy atom. The van der Waals surface area contributed by atoms with Crippen LogP contribution in [0.2, 0.25) is 0 Å². The lowest BCUT2D eigenvalue weighted by molar-refractivity contribution is -0.132. The van der Waals surface area contributed by atoms with Crippen molar-refractivity contribution in [2.75, 3.05) is 13.1 Å². The Morgan fingerprint density at radius 3 is 2.52 bits per heavy atom. The van der Waals surface area contributed by atoms with Crippen LogP contribution in [0.3, 0.4) is 0 Å². The summed E-state index contributed by atoms with van der Waals surface area (Å²) in [5, 5.41) is 20.2. The van der Waals surface area contributed by atoms with Crippen LogP contribution in [-0.2, 0) is 14.6 Å². The molecule has 0 unspecified atom stereocenters. The van der Waals surface area contributed by atoms with Gasteiger partial charge in [0.25, 0.3) is 5.91 Å². The lowest BCUT2D eigenvalue weighted by Gasteiger charge is -2.34. The van der Waals surface area contributed by atoms with Crippen LogP contribution in [0.15, 0.2) is 59.6 Å². The molecule has 0 atom stereocenters. The van der Waals surface area contributed by atoms with E-state index in [1.54, 1.807) is 30.5 Å². The first-order chi connectivity index (χ1) is 14.9. The van der Waals surface area contributed by atoms with Gasteiger partial charge in [-0.3, -0.25) is 10.0 Å². The van der Waals surface area contributed by atoms with Gasteiger partial charge in [-0.15, -0.1) is 5.10 Å². The molecule has 3 aromatic rings. The van der Waals surface area contributed by atoms with Crippen LogP contribution in [-0.4, -0.2) is 52.4 Å². The highest BCUT2D eigenvalue weighted by Crippen LogP contribution is 2.34. The van der Waals surface area contributed by atoms with Crippen molar-refractivity contribution in [2.24, 2.45) is 0 Å². The third-order valence-corrected chi connectivity index (χ3v) is 7.98. The maximum Gasteiger partial charge on any atom is 0.265 e. The second kappa shape index (κ2) is 8.17. The molecule has 1 saturated heterocycles. The van der Waals surface area contributed by atoms with Gasteiger partial charge in [-0.05, 0) is 62.3 Å². The van der Waals surface area contributed by atoms with E-state index in [1.807, 2.05) is 0 Å². The molecule has 0 radical (unpaired) electrons. The molecule has 1 aromatic heterocycles. The van der Waals surface area contributed by atoms with Crippen molar-refractivity contribution in [3.63, 3.8) is 0 Å². The number of aromatic nitrogens is 3. The van der Waals surface area contributed by atoms with E-state index in [9.17, 15) is 17.6 Å². The number of nitrogens with one attached hydrogen (secondary N) is 2. The average molecular weight is 445 g/mol. The second-order valence-corrected chi connectivity index (χ2v) is 9.50. The Bertz CT molecular complexity index is 1200. The maximum atomic E-state index is 13.4. The van der Waals surface area contributed by atoms with E-state index in [-0.39, 0.29) is 23.6 Å². The van der Waals surface area contributed by atoms with E-state index in [0.29, 0.717) is 30.0 Å². The fraction of sp³-hybridized carbons (Fsp3) is 0.250. The van der Waals surface area contributed by atoms with Gasteiger partial charge >= 0.3 is 0 Å². The first-order valence-corrected chi connectivity index (χ1v) is 11.0. The predicted molar refractivity (Wildman–Crippen MR) is 109 cm³/mol. The van der Waals surface area contributed by atoms with Gasteiger partial charge in [-0.25, -0.2) is 23.0 Å². The number of amides is 1. The molecule has 31 heavy (non-hydrogen) atoms. The maximum absolute atomic E-state index is 13.4. The minimum absolute atomic E-state index is 0.0350. The van der Waals surface area contributed by atoms with Gasteiger partial charge < -0.3 is 5.32 Å². The smallest absolute Gasteiger partial charge is 0.265 e. The summed E-state index contributed by atoms with van der Waals surface area (Å²) < 4.78 is 39.8. The van der Waals surface area contributed by atoms with Crippen LogP contribution < -0.4 is 10.8 Å². The zero-order valence-corrected chi connectivity index (χ0v) is 17.1. The minimum Gasteiger partial charge on any atom is -0.317 e. The molecule has 4 rings (SSSR count). The molecule has 9 nitrogen and oxygen atoms in total. The summed E-state index contributed by atoms with van der Waals surface area (Å²) in [7, 11) is -4.08. The number of sulfone groups is 1. The Hall–Kier alpha value is -3.15. The van der Waals surface area contributed by atoms with E-state index in [4.69, 9.17) is 5.21 Å². The van der Waals surface area contributed by atoms with E-state index in [0.717, 1.165) is 0 Å². The number of carbonyl (C=O) groups is 1. The SMILES string of the molecule is O=C(NO)C1(S(=O)(=O)c2ccc(-n3cc(-c4cccc(F)c4)nn3)cc2)CCNCC1. The predicted octanol–water partition coefficient (Wildman–Crippen LogP) is 1.47. The number of nitrogens with zero attached hydrogens (tertiary/aromatic N) is 3. The molecule has 1 aliphatic heterocycles. The molecule has 0 aliphatic carbocycles. The molecular weight excluding hydrogens is 425 g/mol. The fourth-order valence-corrected chi connectivity index (χ4v) is 5.70. The monoisotopic (exact) mass is 445 g/mol. The van der Waals surface area contributed by atoms with Crippen molar-refractivity contribution in [1.29, 1.82) is 0 Å². The van der Waals surface area contributed by atoms with Gasteiger partial charge in [0.15, 0.2) is 14.6 Å². The highest BCUT2D eigenvalue weighted by atomic mass is 32.2. The van der Waals surface area contributed by atoms with Crippen molar-refractivity contribution in [3.05, 3.63) is 60.5 Å². The number of benzene rings is 2. The first kappa shape index (κ1) is 21.1. The van der Waals surface area contributed by atoms with Crippen LogP contribution in [0.4, 0.5) is 4.39 Å². The van der Waals surface area contributed by atoms with E-state index in [1.165, 1.54) is 34.4 Å². The number of carbonyl (C=O) groups excluding carboxylic acids is 1. The van der Waals surface area contributed by atoms with Crippen LogP contribution in [0, 0.1) is 5.82 Å². The molecule has 0 bridgehead atoms.